The van der Waals surface area contributed by atoms with E-state index in [1.54, 1.807) is 6.07 Å². The topological polar surface area (TPSA) is 57.7 Å². The fourth-order valence-electron chi connectivity index (χ4n) is 2.95. The lowest BCUT2D eigenvalue weighted by Crippen LogP contribution is -2.49. The van der Waals surface area contributed by atoms with Crippen LogP contribution >= 0.6 is 11.6 Å². The second-order valence-electron chi connectivity index (χ2n) is 5.58. The summed E-state index contributed by atoms with van der Waals surface area (Å²) >= 11 is 5.66. The fraction of sp³-hybridized carbons (Fsp3) is 0.500. The van der Waals surface area contributed by atoms with Crippen molar-refractivity contribution in [2.45, 2.75) is 12.5 Å². The number of nitrogens with zero attached hydrogens (tertiary/aromatic N) is 2. The van der Waals surface area contributed by atoms with Crippen LogP contribution in [0.2, 0.25) is 5.02 Å². The summed E-state index contributed by atoms with van der Waals surface area (Å²) in [4.78, 5) is 16.0. The van der Waals surface area contributed by atoms with Crippen LogP contribution in [0, 0.1) is 5.82 Å². The normalized spacial score (nSPS) is 25.6. The Labute approximate surface area is 133 Å². The molecular weight excluding hydrogens is 331 g/mol. The Balaban J connectivity index is 1.73. The SMILES string of the molecule is O=C1[C@H](N2CCS(=O)(=O)CC2)CCN1c1ccc(Cl)c(F)c1. The molecule has 0 radical (unpaired) electrons. The second-order valence-corrected chi connectivity index (χ2v) is 8.29. The molecule has 0 aromatic heterocycles. The molecule has 2 saturated heterocycles. The molecule has 1 aromatic carbocycles. The summed E-state index contributed by atoms with van der Waals surface area (Å²) in [5.74, 6) is -0.487. The Morgan fingerprint density at radius 1 is 1.18 bits per heavy atom. The van der Waals surface area contributed by atoms with Crippen molar-refractivity contribution in [1.82, 2.24) is 4.90 Å². The zero-order chi connectivity index (χ0) is 15.9. The highest BCUT2D eigenvalue weighted by atomic mass is 35.5. The first-order chi connectivity index (χ1) is 10.4. The van der Waals surface area contributed by atoms with Gasteiger partial charge in [-0.05, 0) is 24.6 Å². The molecule has 1 aromatic rings. The number of amides is 1. The van der Waals surface area contributed by atoms with Crippen molar-refractivity contribution in [3.63, 3.8) is 0 Å². The Kier molecular flexibility index (Phi) is 4.13. The number of halogens is 2. The van der Waals surface area contributed by atoms with E-state index >= 15 is 0 Å². The van der Waals surface area contributed by atoms with E-state index in [1.807, 2.05) is 4.90 Å². The molecule has 22 heavy (non-hydrogen) atoms. The minimum absolute atomic E-state index is 0.0215. The summed E-state index contributed by atoms with van der Waals surface area (Å²) in [6.45, 7) is 1.25. The summed E-state index contributed by atoms with van der Waals surface area (Å²) in [5, 5.41) is 0.0215. The monoisotopic (exact) mass is 346 g/mol. The Bertz CT molecular complexity index is 696. The van der Waals surface area contributed by atoms with Crippen LogP contribution in [0.15, 0.2) is 18.2 Å². The van der Waals surface area contributed by atoms with E-state index in [1.165, 1.54) is 17.0 Å². The third-order valence-electron chi connectivity index (χ3n) is 4.21. The van der Waals surface area contributed by atoms with Crippen molar-refractivity contribution in [2.75, 3.05) is 36.0 Å². The van der Waals surface area contributed by atoms with E-state index in [4.69, 9.17) is 11.6 Å². The Hall–Kier alpha value is -1.18. The molecule has 3 rings (SSSR count). The van der Waals surface area contributed by atoms with Crippen molar-refractivity contribution in [2.24, 2.45) is 0 Å². The van der Waals surface area contributed by atoms with Crippen LogP contribution in [0.25, 0.3) is 0 Å². The Morgan fingerprint density at radius 2 is 1.86 bits per heavy atom. The van der Waals surface area contributed by atoms with E-state index < -0.39 is 15.7 Å². The number of sulfone groups is 1. The molecule has 120 valence electrons. The third-order valence-corrected chi connectivity index (χ3v) is 6.13. The van der Waals surface area contributed by atoms with E-state index in [2.05, 4.69) is 0 Å². The predicted octanol–water partition coefficient (Wildman–Crippen LogP) is 1.31. The van der Waals surface area contributed by atoms with Gasteiger partial charge in [-0.1, -0.05) is 11.6 Å². The number of hydrogen-bond acceptors (Lipinski definition) is 4. The van der Waals surface area contributed by atoms with Gasteiger partial charge in [0.05, 0.1) is 22.6 Å². The highest BCUT2D eigenvalue weighted by Crippen LogP contribution is 2.28. The van der Waals surface area contributed by atoms with E-state index in [9.17, 15) is 17.6 Å². The summed E-state index contributed by atoms with van der Waals surface area (Å²) in [5.41, 5.74) is 0.485. The smallest absolute Gasteiger partial charge is 0.244 e. The zero-order valence-electron chi connectivity index (χ0n) is 11.8. The second kappa shape index (κ2) is 5.79. The molecule has 8 heteroatoms. The summed E-state index contributed by atoms with van der Waals surface area (Å²) in [6, 6.07) is 3.98. The first-order valence-corrected chi connectivity index (χ1v) is 9.28. The maximum absolute atomic E-state index is 13.5. The zero-order valence-corrected chi connectivity index (χ0v) is 13.4. The van der Waals surface area contributed by atoms with Gasteiger partial charge in [-0.2, -0.15) is 0 Å². The summed E-state index contributed by atoms with van der Waals surface area (Å²) < 4.78 is 36.5. The number of carbonyl (C=O) groups excluding carboxylic acids is 1. The van der Waals surface area contributed by atoms with E-state index in [0.29, 0.717) is 31.7 Å². The van der Waals surface area contributed by atoms with Crippen LogP contribution in [0.1, 0.15) is 6.42 Å². The average Bonchev–Trinajstić information content (AvgIpc) is 2.84. The molecule has 2 fully saturated rings. The quantitative estimate of drug-likeness (QED) is 0.810. The molecule has 0 bridgehead atoms. The first-order valence-electron chi connectivity index (χ1n) is 7.08. The van der Waals surface area contributed by atoms with Gasteiger partial charge in [0.1, 0.15) is 5.82 Å². The van der Waals surface area contributed by atoms with Gasteiger partial charge in [-0.3, -0.25) is 9.69 Å². The number of carbonyl (C=O) groups is 1. The number of hydrogen-bond donors (Lipinski definition) is 0. The Morgan fingerprint density at radius 3 is 2.50 bits per heavy atom. The van der Waals surface area contributed by atoms with Gasteiger partial charge in [0, 0.05) is 25.3 Å². The maximum atomic E-state index is 13.5. The van der Waals surface area contributed by atoms with E-state index in [-0.39, 0.29) is 28.5 Å². The standard InChI is InChI=1S/C14H16ClFN2O3S/c15-11-2-1-10(9-12(11)16)18-4-3-13(14(18)19)17-5-7-22(20,21)8-6-17/h1-2,9,13H,3-8H2/t13-/m1/s1. The molecular formula is C14H16ClFN2O3S. The molecule has 2 aliphatic heterocycles. The molecule has 0 N–H and O–H groups in total. The molecule has 0 aliphatic carbocycles. The summed E-state index contributed by atoms with van der Waals surface area (Å²) in [7, 11) is -2.97. The van der Waals surface area contributed by atoms with Gasteiger partial charge >= 0.3 is 0 Å². The van der Waals surface area contributed by atoms with Gasteiger partial charge in [0.25, 0.3) is 0 Å². The number of rotatable bonds is 2. The highest BCUT2D eigenvalue weighted by molar-refractivity contribution is 7.91. The van der Waals surface area contributed by atoms with Crippen molar-refractivity contribution in [3.8, 4) is 0 Å². The predicted molar refractivity (Wildman–Crippen MR) is 82.4 cm³/mol. The molecule has 1 amide bonds. The number of benzene rings is 1. The largest absolute Gasteiger partial charge is 0.311 e. The lowest BCUT2D eigenvalue weighted by Gasteiger charge is -2.31. The minimum Gasteiger partial charge on any atom is -0.311 e. The highest BCUT2D eigenvalue weighted by Gasteiger charge is 2.38. The minimum atomic E-state index is -2.97. The van der Waals surface area contributed by atoms with E-state index in [0.717, 1.165) is 0 Å². The molecule has 2 aliphatic rings. The van der Waals surface area contributed by atoms with Crippen molar-refractivity contribution in [3.05, 3.63) is 29.0 Å². The molecule has 0 spiro atoms. The maximum Gasteiger partial charge on any atom is 0.244 e. The first kappa shape index (κ1) is 15.7. The van der Waals surface area contributed by atoms with Gasteiger partial charge in [-0.15, -0.1) is 0 Å². The van der Waals surface area contributed by atoms with Gasteiger partial charge in [0.2, 0.25) is 5.91 Å². The van der Waals surface area contributed by atoms with Crippen LogP contribution in [-0.4, -0.2) is 56.4 Å². The molecule has 5 nitrogen and oxygen atoms in total. The molecule has 1 atom stereocenters. The average molecular weight is 347 g/mol. The third kappa shape index (κ3) is 2.98. The molecule has 0 saturated carbocycles. The van der Waals surface area contributed by atoms with Crippen molar-refractivity contribution in [1.29, 1.82) is 0 Å². The van der Waals surface area contributed by atoms with Crippen LogP contribution in [0.3, 0.4) is 0 Å². The van der Waals surface area contributed by atoms with Gasteiger partial charge < -0.3 is 4.90 Å². The van der Waals surface area contributed by atoms with Gasteiger partial charge in [-0.25, -0.2) is 12.8 Å². The lowest BCUT2D eigenvalue weighted by atomic mass is 10.2. The number of anilines is 1. The van der Waals surface area contributed by atoms with Crippen LogP contribution in [-0.2, 0) is 14.6 Å². The van der Waals surface area contributed by atoms with Crippen LogP contribution < -0.4 is 4.90 Å². The van der Waals surface area contributed by atoms with Gasteiger partial charge in [0.15, 0.2) is 9.84 Å². The van der Waals surface area contributed by atoms with Crippen molar-refractivity contribution < 1.29 is 17.6 Å². The van der Waals surface area contributed by atoms with Crippen LogP contribution in [0.4, 0.5) is 10.1 Å². The van der Waals surface area contributed by atoms with Crippen molar-refractivity contribution >= 4 is 33.0 Å². The lowest BCUT2D eigenvalue weighted by molar-refractivity contribution is -0.121. The fourth-order valence-corrected chi connectivity index (χ4v) is 4.30. The van der Waals surface area contributed by atoms with Crippen LogP contribution in [0.5, 0.6) is 0 Å². The molecule has 0 unspecified atom stereocenters. The molecule has 2 heterocycles. The summed E-state index contributed by atoms with van der Waals surface area (Å²) in [6.07, 6.45) is 0.614.